The fraction of sp³-hybridized carbons (Fsp3) is 0.800. The fourth-order valence-electron chi connectivity index (χ4n) is 3.38. The molecule has 0 saturated heterocycles. The number of carboxylic acid groups (broad SMARTS) is 2. The molecule has 0 aromatic rings. The second-order valence-corrected chi connectivity index (χ2v) is 4.60. The van der Waals surface area contributed by atoms with Crippen molar-refractivity contribution < 1.29 is 19.8 Å². The summed E-state index contributed by atoms with van der Waals surface area (Å²) in [7, 11) is 0. The predicted molar refractivity (Wildman–Crippen MR) is 47.6 cm³/mol. The molecule has 78 valence electrons. The lowest BCUT2D eigenvalue weighted by Gasteiger charge is -2.28. The molecule has 2 N–H and O–H groups in total. The molecule has 0 aromatic carbocycles. The summed E-state index contributed by atoms with van der Waals surface area (Å²) in [5.74, 6) is -2.62. The molecule has 2 rings (SSSR count). The number of hydrogen-bond donors (Lipinski definition) is 2. The van der Waals surface area contributed by atoms with E-state index in [1.165, 1.54) is 0 Å². The van der Waals surface area contributed by atoms with Crippen LogP contribution in [0.5, 0.6) is 0 Å². The molecule has 0 amide bonds. The Labute approximate surface area is 81.9 Å². The zero-order valence-electron chi connectivity index (χ0n) is 8.01. The molecule has 0 heterocycles. The van der Waals surface area contributed by atoms with E-state index in [4.69, 9.17) is 10.2 Å². The van der Waals surface area contributed by atoms with Crippen LogP contribution in [0.1, 0.15) is 19.8 Å². The van der Waals surface area contributed by atoms with Gasteiger partial charge < -0.3 is 10.2 Å². The van der Waals surface area contributed by atoms with Gasteiger partial charge in [0.25, 0.3) is 0 Å². The molecule has 5 unspecified atom stereocenters. The van der Waals surface area contributed by atoms with Crippen LogP contribution in [0.15, 0.2) is 0 Å². The van der Waals surface area contributed by atoms with Crippen LogP contribution in [0.3, 0.4) is 0 Å². The number of carbonyl (C=O) groups is 2. The molecule has 0 aliphatic heterocycles. The maximum atomic E-state index is 11.0. The van der Waals surface area contributed by atoms with E-state index in [0.29, 0.717) is 5.92 Å². The molecular formula is C10H14O4. The highest BCUT2D eigenvalue weighted by Crippen LogP contribution is 2.55. The quantitative estimate of drug-likeness (QED) is 0.695. The average molecular weight is 198 g/mol. The average Bonchev–Trinajstić information content (AvgIpc) is 2.58. The van der Waals surface area contributed by atoms with Crippen LogP contribution in [-0.4, -0.2) is 22.2 Å². The third-order valence-electron chi connectivity index (χ3n) is 3.91. The van der Waals surface area contributed by atoms with Gasteiger partial charge in [-0.05, 0) is 30.6 Å². The SMILES string of the molecule is CC1CC2CC1C(C(=O)O)C2C(=O)O. The molecular weight excluding hydrogens is 184 g/mol. The van der Waals surface area contributed by atoms with Crippen molar-refractivity contribution in [2.75, 3.05) is 0 Å². The Hall–Kier alpha value is -1.06. The van der Waals surface area contributed by atoms with E-state index in [1.807, 2.05) is 6.92 Å². The second kappa shape index (κ2) is 2.97. The summed E-state index contributed by atoms with van der Waals surface area (Å²) >= 11 is 0. The van der Waals surface area contributed by atoms with E-state index in [1.54, 1.807) is 0 Å². The predicted octanol–water partition coefficient (Wildman–Crippen LogP) is 1.06. The standard InChI is InChI=1S/C10H14O4/c1-4-2-5-3-6(4)8(10(13)14)7(5)9(11)12/h4-8H,2-3H2,1H3,(H,11,12)(H,13,14). The normalized spacial score (nSPS) is 45.4. The zero-order chi connectivity index (χ0) is 10.5. The van der Waals surface area contributed by atoms with Crippen molar-refractivity contribution in [2.45, 2.75) is 19.8 Å². The number of hydrogen-bond acceptors (Lipinski definition) is 2. The van der Waals surface area contributed by atoms with E-state index in [-0.39, 0.29) is 11.8 Å². The van der Waals surface area contributed by atoms with E-state index >= 15 is 0 Å². The number of fused-ring (bicyclic) bond motifs is 2. The van der Waals surface area contributed by atoms with Gasteiger partial charge in [-0.3, -0.25) is 9.59 Å². The molecule has 2 bridgehead atoms. The Morgan fingerprint density at radius 3 is 2.14 bits per heavy atom. The number of aliphatic carboxylic acids is 2. The Morgan fingerprint density at radius 2 is 1.64 bits per heavy atom. The molecule has 0 aromatic heterocycles. The first-order valence-corrected chi connectivity index (χ1v) is 4.98. The molecule has 4 heteroatoms. The minimum atomic E-state index is -0.934. The van der Waals surface area contributed by atoms with Crippen molar-refractivity contribution in [1.29, 1.82) is 0 Å². The van der Waals surface area contributed by atoms with Crippen molar-refractivity contribution in [3.8, 4) is 0 Å². The highest BCUT2D eigenvalue weighted by molar-refractivity contribution is 5.81. The van der Waals surface area contributed by atoms with Crippen LogP contribution in [0.25, 0.3) is 0 Å². The summed E-state index contributed by atoms with van der Waals surface area (Å²) in [6, 6.07) is 0. The number of carboxylic acids is 2. The van der Waals surface area contributed by atoms with E-state index < -0.39 is 23.8 Å². The maximum absolute atomic E-state index is 11.0. The summed E-state index contributed by atoms with van der Waals surface area (Å²) < 4.78 is 0. The van der Waals surface area contributed by atoms with Crippen molar-refractivity contribution in [2.24, 2.45) is 29.6 Å². The van der Waals surface area contributed by atoms with Crippen LogP contribution in [0, 0.1) is 29.6 Å². The van der Waals surface area contributed by atoms with Gasteiger partial charge in [0.2, 0.25) is 0 Å². The molecule has 2 saturated carbocycles. The summed E-state index contributed by atoms with van der Waals surface area (Å²) in [6.45, 7) is 2.03. The lowest BCUT2D eigenvalue weighted by molar-refractivity contribution is -0.157. The number of rotatable bonds is 2. The van der Waals surface area contributed by atoms with Gasteiger partial charge in [-0.25, -0.2) is 0 Å². The Balaban J connectivity index is 2.27. The Bertz CT molecular complexity index is 286. The van der Waals surface area contributed by atoms with Gasteiger partial charge in [0.05, 0.1) is 11.8 Å². The summed E-state index contributed by atoms with van der Waals surface area (Å²) in [5, 5.41) is 18.0. The third kappa shape index (κ3) is 1.13. The molecule has 0 radical (unpaired) electrons. The van der Waals surface area contributed by atoms with Crippen LogP contribution in [-0.2, 0) is 9.59 Å². The van der Waals surface area contributed by atoms with Crippen molar-refractivity contribution >= 4 is 11.9 Å². The topological polar surface area (TPSA) is 74.6 Å². The highest BCUT2D eigenvalue weighted by Gasteiger charge is 2.56. The first kappa shape index (κ1) is 9.49. The molecule has 5 atom stereocenters. The second-order valence-electron chi connectivity index (χ2n) is 4.60. The van der Waals surface area contributed by atoms with Crippen LogP contribution in [0.2, 0.25) is 0 Å². The largest absolute Gasteiger partial charge is 0.481 e. The van der Waals surface area contributed by atoms with Crippen molar-refractivity contribution in [3.63, 3.8) is 0 Å². The fourth-order valence-corrected chi connectivity index (χ4v) is 3.38. The minimum Gasteiger partial charge on any atom is -0.481 e. The van der Waals surface area contributed by atoms with E-state index in [9.17, 15) is 9.59 Å². The maximum Gasteiger partial charge on any atom is 0.307 e. The molecule has 4 nitrogen and oxygen atoms in total. The Kier molecular flexibility index (Phi) is 2.01. The lowest BCUT2D eigenvalue weighted by Crippen LogP contribution is -2.37. The van der Waals surface area contributed by atoms with Gasteiger partial charge in [0, 0.05) is 0 Å². The summed E-state index contributed by atoms with van der Waals surface area (Å²) in [5.41, 5.74) is 0. The Morgan fingerprint density at radius 1 is 1.07 bits per heavy atom. The molecule has 0 spiro atoms. The van der Waals surface area contributed by atoms with Crippen molar-refractivity contribution in [3.05, 3.63) is 0 Å². The van der Waals surface area contributed by atoms with Crippen LogP contribution >= 0.6 is 0 Å². The van der Waals surface area contributed by atoms with Gasteiger partial charge in [-0.1, -0.05) is 6.92 Å². The van der Waals surface area contributed by atoms with Gasteiger partial charge in [0.15, 0.2) is 0 Å². The first-order valence-electron chi connectivity index (χ1n) is 4.98. The van der Waals surface area contributed by atoms with Crippen LogP contribution in [0.4, 0.5) is 0 Å². The third-order valence-corrected chi connectivity index (χ3v) is 3.91. The van der Waals surface area contributed by atoms with Gasteiger partial charge in [-0.2, -0.15) is 0 Å². The minimum absolute atomic E-state index is 0.0820. The smallest absolute Gasteiger partial charge is 0.307 e. The van der Waals surface area contributed by atoms with Gasteiger partial charge in [-0.15, -0.1) is 0 Å². The van der Waals surface area contributed by atoms with Gasteiger partial charge >= 0.3 is 11.9 Å². The highest BCUT2D eigenvalue weighted by atomic mass is 16.4. The van der Waals surface area contributed by atoms with E-state index in [0.717, 1.165) is 12.8 Å². The van der Waals surface area contributed by atoms with Crippen molar-refractivity contribution in [1.82, 2.24) is 0 Å². The van der Waals surface area contributed by atoms with Crippen LogP contribution < -0.4 is 0 Å². The lowest BCUT2D eigenvalue weighted by atomic mass is 9.74. The van der Waals surface area contributed by atoms with Gasteiger partial charge in [0.1, 0.15) is 0 Å². The monoisotopic (exact) mass is 198 g/mol. The van der Waals surface area contributed by atoms with E-state index in [2.05, 4.69) is 0 Å². The molecule has 2 fully saturated rings. The zero-order valence-corrected chi connectivity index (χ0v) is 8.01. The molecule has 2 aliphatic rings. The first-order chi connectivity index (χ1) is 6.52. The molecule has 14 heavy (non-hydrogen) atoms. The summed E-state index contributed by atoms with van der Waals surface area (Å²) in [4.78, 5) is 21.9. The molecule has 2 aliphatic carbocycles. The summed E-state index contributed by atoms with van der Waals surface area (Å²) in [6.07, 6.45) is 1.67.